The quantitative estimate of drug-likeness (QED) is 0.860. The van der Waals surface area contributed by atoms with Crippen molar-refractivity contribution in [2.75, 3.05) is 54.0 Å². The molecule has 2 aromatic rings. The molecular formula is C20H27N5. The van der Waals surface area contributed by atoms with Gasteiger partial charge in [0, 0.05) is 51.0 Å². The molecule has 0 aliphatic carbocycles. The summed E-state index contributed by atoms with van der Waals surface area (Å²) in [6.07, 6.45) is 5.62. The Morgan fingerprint density at radius 2 is 1.36 bits per heavy atom. The standard InChI is InChI=1S/C20H27N5/c1-17-6-5-7-18(14-17)23-10-12-25(13-11-23)20-15-19(21-16-22-20)24-8-3-2-4-9-24/h5-7,14-16H,2-4,8-13H2,1H3. The van der Waals surface area contributed by atoms with E-state index in [4.69, 9.17) is 0 Å². The smallest absolute Gasteiger partial charge is 0.134 e. The number of piperidine rings is 1. The van der Waals surface area contributed by atoms with Crippen molar-refractivity contribution < 1.29 is 0 Å². The minimum Gasteiger partial charge on any atom is -0.368 e. The number of anilines is 3. The number of hydrogen-bond donors (Lipinski definition) is 0. The summed E-state index contributed by atoms with van der Waals surface area (Å²) >= 11 is 0. The summed E-state index contributed by atoms with van der Waals surface area (Å²) in [6.45, 7) is 8.48. The maximum atomic E-state index is 4.54. The van der Waals surface area contributed by atoms with Crippen molar-refractivity contribution >= 4 is 17.3 Å². The van der Waals surface area contributed by atoms with Crippen molar-refractivity contribution in [3.63, 3.8) is 0 Å². The Morgan fingerprint density at radius 1 is 0.720 bits per heavy atom. The summed E-state index contributed by atoms with van der Waals surface area (Å²) in [6, 6.07) is 11.0. The molecule has 5 nitrogen and oxygen atoms in total. The fourth-order valence-corrected chi connectivity index (χ4v) is 3.82. The number of aryl methyl sites for hydroxylation is 1. The first kappa shape index (κ1) is 16.2. The molecule has 5 heteroatoms. The van der Waals surface area contributed by atoms with Gasteiger partial charge < -0.3 is 14.7 Å². The molecule has 132 valence electrons. The van der Waals surface area contributed by atoms with Gasteiger partial charge in [-0.2, -0.15) is 0 Å². The number of rotatable bonds is 3. The molecule has 2 fully saturated rings. The van der Waals surface area contributed by atoms with Crippen molar-refractivity contribution in [2.45, 2.75) is 26.2 Å². The van der Waals surface area contributed by atoms with Gasteiger partial charge in [-0.3, -0.25) is 0 Å². The van der Waals surface area contributed by atoms with Crippen molar-refractivity contribution in [1.29, 1.82) is 0 Å². The highest BCUT2D eigenvalue weighted by Crippen LogP contribution is 2.23. The molecule has 0 atom stereocenters. The van der Waals surface area contributed by atoms with Gasteiger partial charge in [-0.25, -0.2) is 9.97 Å². The van der Waals surface area contributed by atoms with Crippen LogP contribution in [0.1, 0.15) is 24.8 Å². The number of piperazine rings is 1. The van der Waals surface area contributed by atoms with Gasteiger partial charge in [-0.15, -0.1) is 0 Å². The number of hydrogen-bond acceptors (Lipinski definition) is 5. The third kappa shape index (κ3) is 3.70. The lowest BCUT2D eigenvalue weighted by Crippen LogP contribution is -2.47. The molecule has 0 unspecified atom stereocenters. The van der Waals surface area contributed by atoms with E-state index in [2.05, 4.69) is 61.9 Å². The molecule has 4 rings (SSSR count). The first-order chi connectivity index (χ1) is 12.3. The molecule has 25 heavy (non-hydrogen) atoms. The monoisotopic (exact) mass is 337 g/mol. The first-order valence-corrected chi connectivity index (χ1v) is 9.43. The van der Waals surface area contributed by atoms with Crippen molar-refractivity contribution in [1.82, 2.24) is 9.97 Å². The summed E-state index contributed by atoms with van der Waals surface area (Å²) in [4.78, 5) is 16.3. The van der Waals surface area contributed by atoms with E-state index in [1.54, 1.807) is 6.33 Å². The lowest BCUT2D eigenvalue weighted by atomic mass is 10.1. The maximum absolute atomic E-state index is 4.54. The molecule has 2 saturated heterocycles. The van der Waals surface area contributed by atoms with Crippen LogP contribution in [0.4, 0.5) is 17.3 Å². The van der Waals surface area contributed by atoms with E-state index >= 15 is 0 Å². The summed E-state index contributed by atoms with van der Waals surface area (Å²) in [5.41, 5.74) is 2.65. The number of nitrogens with zero attached hydrogens (tertiary/aromatic N) is 5. The molecule has 0 radical (unpaired) electrons. The van der Waals surface area contributed by atoms with Gasteiger partial charge in [-0.05, 0) is 43.9 Å². The Hall–Kier alpha value is -2.30. The predicted molar refractivity (Wildman–Crippen MR) is 104 cm³/mol. The first-order valence-electron chi connectivity index (χ1n) is 9.43. The van der Waals surface area contributed by atoms with Crippen molar-refractivity contribution in [3.05, 3.63) is 42.2 Å². The molecule has 0 amide bonds. The van der Waals surface area contributed by atoms with E-state index in [-0.39, 0.29) is 0 Å². The highest BCUT2D eigenvalue weighted by atomic mass is 15.3. The van der Waals surface area contributed by atoms with Crippen LogP contribution in [-0.2, 0) is 0 Å². The van der Waals surface area contributed by atoms with Crippen LogP contribution in [0.15, 0.2) is 36.7 Å². The Balaban J connectivity index is 1.42. The van der Waals surface area contributed by atoms with Crippen LogP contribution in [0.25, 0.3) is 0 Å². The zero-order valence-electron chi connectivity index (χ0n) is 15.1. The van der Waals surface area contributed by atoms with E-state index < -0.39 is 0 Å². The molecule has 1 aromatic heterocycles. The summed E-state index contributed by atoms with van der Waals surface area (Å²) in [5.74, 6) is 2.16. The molecule has 0 spiro atoms. The molecule has 0 N–H and O–H groups in total. The van der Waals surface area contributed by atoms with E-state index in [0.717, 1.165) is 50.9 Å². The molecule has 0 bridgehead atoms. The van der Waals surface area contributed by atoms with Crippen LogP contribution in [0.2, 0.25) is 0 Å². The summed E-state index contributed by atoms with van der Waals surface area (Å²) in [5, 5.41) is 0. The van der Waals surface area contributed by atoms with Crippen molar-refractivity contribution in [3.8, 4) is 0 Å². The van der Waals surface area contributed by atoms with Gasteiger partial charge >= 0.3 is 0 Å². The largest absolute Gasteiger partial charge is 0.368 e. The minimum atomic E-state index is 1.00. The van der Waals surface area contributed by atoms with Gasteiger partial charge in [0.05, 0.1) is 0 Å². The van der Waals surface area contributed by atoms with Crippen LogP contribution in [0, 0.1) is 6.92 Å². The molecule has 2 aliphatic rings. The predicted octanol–water partition coefficient (Wildman–Crippen LogP) is 3.10. The maximum Gasteiger partial charge on any atom is 0.134 e. The van der Waals surface area contributed by atoms with E-state index in [0.29, 0.717) is 0 Å². The number of benzene rings is 1. The fourth-order valence-electron chi connectivity index (χ4n) is 3.82. The van der Waals surface area contributed by atoms with Gasteiger partial charge in [0.1, 0.15) is 18.0 Å². The van der Waals surface area contributed by atoms with Crippen LogP contribution in [0.3, 0.4) is 0 Å². The topological polar surface area (TPSA) is 35.5 Å². The van der Waals surface area contributed by atoms with Crippen molar-refractivity contribution in [2.24, 2.45) is 0 Å². The van der Waals surface area contributed by atoms with Gasteiger partial charge in [-0.1, -0.05) is 12.1 Å². The van der Waals surface area contributed by atoms with E-state index in [9.17, 15) is 0 Å². The molecular weight excluding hydrogens is 310 g/mol. The fraction of sp³-hybridized carbons (Fsp3) is 0.500. The second-order valence-electron chi connectivity index (χ2n) is 7.10. The Labute approximate surface area is 150 Å². The SMILES string of the molecule is Cc1cccc(N2CCN(c3cc(N4CCCCC4)ncn3)CC2)c1. The van der Waals surface area contributed by atoms with Crippen LogP contribution < -0.4 is 14.7 Å². The van der Waals surface area contributed by atoms with E-state index in [1.165, 1.54) is 30.5 Å². The second-order valence-corrected chi connectivity index (χ2v) is 7.10. The second kappa shape index (κ2) is 7.30. The zero-order chi connectivity index (χ0) is 17.1. The lowest BCUT2D eigenvalue weighted by molar-refractivity contribution is 0.572. The average Bonchev–Trinajstić information content (AvgIpc) is 2.69. The Bertz CT molecular complexity index is 703. The Kier molecular flexibility index (Phi) is 4.72. The molecule has 2 aliphatic heterocycles. The Morgan fingerprint density at radius 3 is 2.04 bits per heavy atom. The van der Waals surface area contributed by atoms with Crippen LogP contribution in [0.5, 0.6) is 0 Å². The lowest BCUT2D eigenvalue weighted by Gasteiger charge is -2.37. The van der Waals surface area contributed by atoms with Gasteiger partial charge in [0.15, 0.2) is 0 Å². The highest BCUT2D eigenvalue weighted by Gasteiger charge is 2.20. The van der Waals surface area contributed by atoms with Crippen LogP contribution in [-0.4, -0.2) is 49.2 Å². The van der Waals surface area contributed by atoms with E-state index in [1.807, 2.05) is 0 Å². The number of aromatic nitrogens is 2. The third-order valence-electron chi connectivity index (χ3n) is 5.29. The molecule has 0 saturated carbocycles. The summed E-state index contributed by atoms with van der Waals surface area (Å²) in [7, 11) is 0. The molecule has 3 heterocycles. The highest BCUT2D eigenvalue weighted by molar-refractivity contribution is 5.53. The molecule has 1 aromatic carbocycles. The van der Waals surface area contributed by atoms with Crippen LogP contribution >= 0.6 is 0 Å². The summed E-state index contributed by atoms with van der Waals surface area (Å²) < 4.78 is 0. The van der Waals surface area contributed by atoms with Gasteiger partial charge in [0.25, 0.3) is 0 Å². The minimum absolute atomic E-state index is 1.00. The van der Waals surface area contributed by atoms with Gasteiger partial charge in [0.2, 0.25) is 0 Å². The third-order valence-corrected chi connectivity index (χ3v) is 5.29. The zero-order valence-corrected chi connectivity index (χ0v) is 15.1. The normalized spacial score (nSPS) is 18.5. The average molecular weight is 337 g/mol.